The number of carbonyl (C=O) groups is 1. The van der Waals surface area contributed by atoms with Crippen molar-refractivity contribution in [1.82, 2.24) is 20.0 Å². The second kappa shape index (κ2) is 5.12. The summed E-state index contributed by atoms with van der Waals surface area (Å²) in [6, 6.07) is -0.0715. The average molecular weight is 224 g/mol. The fourth-order valence-corrected chi connectivity index (χ4v) is 1.59. The highest BCUT2D eigenvalue weighted by Crippen LogP contribution is 2.11. The molecule has 1 aromatic heterocycles. The second-order valence-corrected chi connectivity index (χ2v) is 4.29. The molecular formula is C11H20N4O. The summed E-state index contributed by atoms with van der Waals surface area (Å²) in [4.78, 5) is 13.2. The molecule has 90 valence electrons. The zero-order valence-corrected chi connectivity index (χ0v) is 10.6. The Kier molecular flexibility index (Phi) is 4.06. The molecule has 0 spiro atoms. The molecule has 0 bridgehead atoms. The Labute approximate surface area is 96.4 Å². The van der Waals surface area contributed by atoms with Crippen LogP contribution in [0.15, 0.2) is 12.4 Å². The van der Waals surface area contributed by atoms with E-state index < -0.39 is 0 Å². The van der Waals surface area contributed by atoms with Crippen LogP contribution in [-0.2, 0) is 11.8 Å². The molecule has 2 unspecified atom stereocenters. The third kappa shape index (κ3) is 3.06. The van der Waals surface area contributed by atoms with E-state index in [1.54, 1.807) is 23.7 Å². The quantitative estimate of drug-likeness (QED) is 0.812. The SMILES string of the molecule is CC(NC(C)c1cnn(C)c1)C(=O)N(C)C. The zero-order chi connectivity index (χ0) is 12.3. The number of rotatable bonds is 4. The number of aromatic nitrogens is 2. The van der Waals surface area contributed by atoms with Crippen LogP contribution in [0, 0.1) is 0 Å². The van der Waals surface area contributed by atoms with Gasteiger partial charge in [0.1, 0.15) is 0 Å². The molecule has 1 heterocycles. The van der Waals surface area contributed by atoms with Gasteiger partial charge in [-0.1, -0.05) is 0 Å². The van der Waals surface area contributed by atoms with Gasteiger partial charge in [-0.3, -0.25) is 14.8 Å². The first kappa shape index (κ1) is 12.7. The standard InChI is InChI=1S/C11H20N4O/c1-8(10-6-12-15(5)7-10)13-9(2)11(16)14(3)4/h6-9,13H,1-5H3. The van der Waals surface area contributed by atoms with E-state index in [1.165, 1.54) is 0 Å². The summed E-state index contributed by atoms with van der Waals surface area (Å²) >= 11 is 0. The molecule has 5 nitrogen and oxygen atoms in total. The zero-order valence-electron chi connectivity index (χ0n) is 10.6. The Hall–Kier alpha value is -1.36. The van der Waals surface area contributed by atoms with Gasteiger partial charge in [-0.15, -0.1) is 0 Å². The Balaban J connectivity index is 2.58. The van der Waals surface area contributed by atoms with Crippen molar-refractivity contribution in [2.45, 2.75) is 25.9 Å². The van der Waals surface area contributed by atoms with E-state index in [0.29, 0.717) is 0 Å². The maximum Gasteiger partial charge on any atom is 0.238 e. The van der Waals surface area contributed by atoms with Crippen molar-refractivity contribution in [3.8, 4) is 0 Å². The maximum absolute atomic E-state index is 11.7. The van der Waals surface area contributed by atoms with Crippen molar-refractivity contribution in [3.05, 3.63) is 18.0 Å². The van der Waals surface area contributed by atoms with Gasteiger partial charge in [0, 0.05) is 38.9 Å². The summed E-state index contributed by atoms with van der Waals surface area (Å²) in [5.41, 5.74) is 1.08. The van der Waals surface area contributed by atoms with E-state index in [4.69, 9.17) is 0 Å². The number of carbonyl (C=O) groups excluding carboxylic acids is 1. The predicted molar refractivity (Wildman–Crippen MR) is 62.9 cm³/mol. The van der Waals surface area contributed by atoms with Crippen LogP contribution >= 0.6 is 0 Å². The Morgan fingerprint density at radius 1 is 1.50 bits per heavy atom. The van der Waals surface area contributed by atoms with Crippen LogP contribution in [0.5, 0.6) is 0 Å². The van der Waals surface area contributed by atoms with Crippen molar-refractivity contribution >= 4 is 5.91 Å². The van der Waals surface area contributed by atoms with Crippen molar-refractivity contribution < 1.29 is 4.79 Å². The maximum atomic E-state index is 11.7. The number of nitrogens with zero attached hydrogens (tertiary/aromatic N) is 3. The van der Waals surface area contributed by atoms with E-state index in [9.17, 15) is 4.79 Å². The molecule has 0 aromatic carbocycles. The minimum atomic E-state index is -0.190. The first-order valence-electron chi connectivity index (χ1n) is 5.37. The van der Waals surface area contributed by atoms with Crippen LogP contribution in [0.25, 0.3) is 0 Å². The fourth-order valence-electron chi connectivity index (χ4n) is 1.59. The minimum absolute atomic E-state index is 0.0794. The number of hydrogen-bond acceptors (Lipinski definition) is 3. The highest BCUT2D eigenvalue weighted by atomic mass is 16.2. The largest absolute Gasteiger partial charge is 0.347 e. The van der Waals surface area contributed by atoms with Gasteiger partial charge in [0.2, 0.25) is 5.91 Å². The Bertz CT molecular complexity index is 359. The van der Waals surface area contributed by atoms with E-state index in [0.717, 1.165) is 5.56 Å². The highest BCUT2D eigenvalue weighted by molar-refractivity contribution is 5.80. The lowest BCUT2D eigenvalue weighted by Crippen LogP contribution is -2.42. The number of likely N-dealkylation sites (N-methyl/N-ethyl adjacent to an activating group) is 1. The molecule has 1 N–H and O–H groups in total. The summed E-state index contributed by atoms with van der Waals surface area (Å²) in [6.45, 7) is 3.89. The van der Waals surface area contributed by atoms with Crippen LogP contribution in [0.3, 0.4) is 0 Å². The van der Waals surface area contributed by atoms with Crippen LogP contribution < -0.4 is 5.32 Å². The molecule has 0 saturated carbocycles. The van der Waals surface area contributed by atoms with Crippen molar-refractivity contribution in [2.24, 2.45) is 7.05 Å². The molecule has 1 aromatic rings. The molecular weight excluding hydrogens is 204 g/mol. The lowest BCUT2D eigenvalue weighted by atomic mass is 10.1. The van der Waals surface area contributed by atoms with E-state index >= 15 is 0 Å². The van der Waals surface area contributed by atoms with Crippen molar-refractivity contribution in [1.29, 1.82) is 0 Å². The minimum Gasteiger partial charge on any atom is -0.347 e. The number of hydrogen-bond donors (Lipinski definition) is 1. The third-order valence-corrected chi connectivity index (χ3v) is 2.54. The molecule has 0 saturated heterocycles. The van der Waals surface area contributed by atoms with Crippen molar-refractivity contribution in [3.63, 3.8) is 0 Å². The number of amides is 1. The van der Waals surface area contributed by atoms with Crippen LogP contribution in [-0.4, -0.2) is 40.7 Å². The molecule has 1 rings (SSSR count). The summed E-state index contributed by atoms with van der Waals surface area (Å²) < 4.78 is 1.76. The summed E-state index contributed by atoms with van der Waals surface area (Å²) in [5.74, 6) is 0.0794. The normalized spacial score (nSPS) is 14.6. The van der Waals surface area contributed by atoms with Gasteiger partial charge < -0.3 is 4.90 Å². The van der Waals surface area contributed by atoms with Crippen LogP contribution in [0.2, 0.25) is 0 Å². The van der Waals surface area contributed by atoms with E-state index in [-0.39, 0.29) is 18.0 Å². The topological polar surface area (TPSA) is 50.2 Å². The van der Waals surface area contributed by atoms with Crippen molar-refractivity contribution in [2.75, 3.05) is 14.1 Å². The number of nitrogens with one attached hydrogen (secondary N) is 1. The lowest BCUT2D eigenvalue weighted by molar-refractivity contribution is -0.130. The molecule has 0 aliphatic rings. The van der Waals surface area contributed by atoms with Gasteiger partial charge in [-0.05, 0) is 13.8 Å². The van der Waals surface area contributed by atoms with Gasteiger partial charge in [0.05, 0.1) is 12.2 Å². The highest BCUT2D eigenvalue weighted by Gasteiger charge is 2.18. The smallest absolute Gasteiger partial charge is 0.238 e. The Morgan fingerprint density at radius 2 is 2.12 bits per heavy atom. The lowest BCUT2D eigenvalue weighted by Gasteiger charge is -2.21. The average Bonchev–Trinajstić information content (AvgIpc) is 2.63. The van der Waals surface area contributed by atoms with E-state index in [1.807, 2.05) is 33.3 Å². The molecule has 5 heteroatoms. The molecule has 16 heavy (non-hydrogen) atoms. The monoisotopic (exact) mass is 224 g/mol. The first-order chi connectivity index (χ1) is 7.41. The van der Waals surface area contributed by atoms with Gasteiger partial charge >= 0.3 is 0 Å². The first-order valence-corrected chi connectivity index (χ1v) is 5.37. The molecule has 0 aliphatic heterocycles. The van der Waals surface area contributed by atoms with Gasteiger partial charge in [-0.25, -0.2) is 0 Å². The summed E-state index contributed by atoms with van der Waals surface area (Å²) in [5, 5.41) is 7.35. The molecule has 1 amide bonds. The van der Waals surface area contributed by atoms with Gasteiger partial charge in [0.15, 0.2) is 0 Å². The van der Waals surface area contributed by atoms with E-state index in [2.05, 4.69) is 10.4 Å². The Morgan fingerprint density at radius 3 is 2.56 bits per heavy atom. The fraction of sp³-hybridized carbons (Fsp3) is 0.636. The summed E-state index contributed by atoms with van der Waals surface area (Å²) in [6.07, 6.45) is 3.76. The van der Waals surface area contributed by atoms with Crippen LogP contribution in [0.4, 0.5) is 0 Å². The van der Waals surface area contributed by atoms with Gasteiger partial charge in [0.25, 0.3) is 0 Å². The van der Waals surface area contributed by atoms with Gasteiger partial charge in [-0.2, -0.15) is 5.10 Å². The molecule has 2 atom stereocenters. The second-order valence-electron chi connectivity index (χ2n) is 4.29. The summed E-state index contributed by atoms with van der Waals surface area (Å²) in [7, 11) is 5.40. The molecule has 0 radical (unpaired) electrons. The van der Waals surface area contributed by atoms with Crippen LogP contribution in [0.1, 0.15) is 25.5 Å². The number of aryl methyl sites for hydroxylation is 1. The third-order valence-electron chi connectivity index (χ3n) is 2.54. The molecule has 0 fully saturated rings. The molecule has 0 aliphatic carbocycles. The predicted octanol–water partition coefficient (Wildman–Crippen LogP) is 0.547.